The molecule has 102 valence electrons. The van der Waals surface area contributed by atoms with Crippen LogP contribution in [-0.2, 0) is 0 Å². The summed E-state index contributed by atoms with van der Waals surface area (Å²) in [6.45, 7) is 0.313. The molecule has 17 heavy (non-hydrogen) atoms. The molecule has 1 aliphatic rings. The summed E-state index contributed by atoms with van der Waals surface area (Å²) in [4.78, 5) is 0. The molecule has 1 rings (SSSR count). The first-order valence-electron chi connectivity index (χ1n) is 6.40. The van der Waals surface area contributed by atoms with Crippen molar-refractivity contribution in [1.82, 2.24) is 0 Å². The Labute approximate surface area is 112 Å². The van der Waals surface area contributed by atoms with Crippen LogP contribution in [-0.4, -0.2) is 50.2 Å². The number of aliphatic hydroxyl groups excluding tert-OH is 3. The van der Waals surface area contributed by atoms with Crippen LogP contribution in [0.5, 0.6) is 0 Å². The quantitative estimate of drug-likeness (QED) is 0.592. The molecule has 0 spiro atoms. The number of aliphatic hydroxyl groups is 3. The van der Waals surface area contributed by atoms with Gasteiger partial charge in [-0.3, -0.25) is 0 Å². The van der Waals surface area contributed by atoms with Crippen LogP contribution in [0, 0.1) is 0 Å². The van der Waals surface area contributed by atoms with Gasteiger partial charge >= 0.3 is 0 Å². The van der Waals surface area contributed by atoms with Crippen molar-refractivity contribution in [1.29, 1.82) is 0 Å². The number of unbranched alkanes of at least 4 members (excludes halogenated alkanes) is 1. The fourth-order valence-corrected chi connectivity index (χ4v) is 5.63. The SMILES string of the molecule is OCCCCC1(C[C@@H](O)CCO)SCCCS1. The predicted octanol–water partition coefficient (Wildman–Crippen LogP) is 1.85. The molecule has 0 radical (unpaired) electrons. The zero-order valence-electron chi connectivity index (χ0n) is 10.3. The van der Waals surface area contributed by atoms with Crippen LogP contribution in [0.15, 0.2) is 0 Å². The molecule has 1 fully saturated rings. The van der Waals surface area contributed by atoms with E-state index in [0.29, 0.717) is 6.42 Å². The highest BCUT2D eigenvalue weighted by Gasteiger charge is 2.35. The Bertz CT molecular complexity index is 196. The van der Waals surface area contributed by atoms with Crippen LogP contribution in [0.4, 0.5) is 0 Å². The lowest BCUT2D eigenvalue weighted by Crippen LogP contribution is -2.31. The monoisotopic (exact) mass is 280 g/mol. The summed E-state index contributed by atoms with van der Waals surface area (Å²) in [5.74, 6) is 2.33. The minimum Gasteiger partial charge on any atom is -0.396 e. The molecule has 1 atom stereocenters. The van der Waals surface area contributed by atoms with Gasteiger partial charge in [-0.05, 0) is 50.0 Å². The summed E-state index contributed by atoms with van der Waals surface area (Å²) in [5.41, 5.74) is 0. The molecule has 1 saturated heterocycles. The maximum absolute atomic E-state index is 9.89. The fourth-order valence-electron chi connectivity index (χ4n) is 2.10. The zero-order valence-corrected chi connectivity index (χ0v) is 11.9. The minimum atomic E-state index is -0.396. The Morgan fingerprint density at radius 3 is 2.35 bits per heavy atom. The van der Waals surface area contributed by atoms with Crippen molar-refractivity contribution in [3.63, 3.8) is 0 Å². The second kappa shape index (κ2) is 8.64. The molecule has 0 aliphatic carbocycles. The molecule has 0 amide bonds. The van der Waals surface area contributed by atoms with Crippen LogP contribution in [0.1, 0.15) is 38.5 Å². The Kier molecular flexibility index (Phi) is 7.95. The van der Waals surface area contributed by atoms with E-state index in [1.165, 1.54) is 6.42 Å². The second-order valence-electron chi connectivity index (χ2n) is 4.51. The molecule has 0 saturated carbocycles. The molecule has 0 aromatic rings. The largest absolute Gasteiger partial charge is 0.396 e. The van der Waals surface area contributed by atoms with Gasteiger partial charge in [0.1, 0.15) is 0 Å². The summed E-state index contributed by atoms with van der Waals surface area (Å²) in [6, 6.07) is 0. The third-order valence-corrected chi connectivity index (χ3v) is 6.48. The molecule has 5 heteroatoms. The molecular weight excluding hydrogens is 256 g/mol. The summed E-state index contributed by atoms with van der Waals surface area (Å²) in [7, 11) is 0. The van der Waals surface area contributed by atoms with E-state index in [4.69, 9.17) is 10.2 Å². The highest BCUT2D eigenvalue weighted by Crippen LogP contribution is 2.49. The molecule has 0 aromatic heterocycles. The van der Waals surface area contributed by atoms with Crippen molar-refractivity contribution in [3.05, 3.63) is 0 Å². The van der Waals surface area contributed by atoms with Gasteiger partial charge in [-0.15, -0.1) is 23.5 Å². The minimum absolute atomic E-state index is 0.0587. The third kappa shape index (κ3) is 5.83. The first-order chi connectivity index (χ1) is 8.22. The van der Waals surface area contributed by atoms with Crippen molar-refractivity contribution in [2.24, 2.45) is 0 Å². The first kappa shape index (κ1) is 15.6. The lowest BCUT2D eigenvalue weighted by atomic mass is 10.1. The van der Waals surface area contributed by atoms with Gasteiger partial charge in [0, 0.05) is 13.2 Å². The highest BCUT2D eigenvalue weighted by molar-refractivity contribution is 8.18. The maximum Gasteiger partial charge on any atom is 0.0635 e. The normalized spacial score (nSPS) is 21.4. The van der Waals surface area contributed by atoms with Crippen LogP contribution < -0.4 is 0 Å². The van der Waals surface area contributed by atoms with Gasteiger partial charge in [-0.1, -0.05) is 0 Å². The number of hydrogen-bond donors (Lipinski definition) is 3. The molecule has 3 nitrogen and oxygen atoms in total. The molecule has 0 unspecified atom stereocenters. The molecular formula is C12H24O3S2. The topological polar surface area (TPSA) is 60.7 Å². The van der Waals surface area contributed by atoms with Crippen LogP contribution in [0.2, 0.25) is 0 Å². The van der Waals surface area contributed by atoms with Gasteiger partial charge in [-0.25, -0.2) is 0 Å². The van der Waals surface area contributed by atoms with E-state index in [1.54, 1.807) is 0 Å². The van der Waals surface area contributed by atoms with Crippen molar-refractivity contribution >= 4 is 23.5 Å². The summed E-state index contributed by atoms with van der Waals surface area (Å²) in [5, 5.41) is 27.6. The van der Waals surface area contributed by atoms with E-state index in [1.807, 2.05) is 23.5 Å². The number of rotatable bonds is 8. The lowest BCUT2D eigenvalue weighted by Gasteiger charge is -2.37. The zero-order chi connectivity index (χ0) is 12.6. The van der Waals surface area contributed by atoms with Crippen molar-refractivity contribution in [2.45, 2.75) is 48.7 Å². The smallest absolute Gasteiger partial charge is 0.0635 e. The third-order valence-electron chi connectivity index (χ3n) is 2.99. The van der Waals surface area contributed by atoms with Gasteiger partial charge in [0.25, 0.3) is 0 Å². The molecule has 0 aromatic carbocycles. The Hall–Kier alpha value is 0.580. The average molecular weight is 280 g/mol. The van der Waals surface area contributed by atoms with E-state index in [9.17, 15) is 5.11 Å². The molecule has 1 heterocycles. The van der Waals surface area contributed by atoms with Gasteiger partial charge in [0.15, 0.2) is 0 Å². The number of thioether (sulfide) groups is 2. The van der Waals surface area contributed by atoms with E-state index < -0.39 is 6.10 Å². The molecule has 3 N–H and O–H groups in total. The summed E-state index contributed by atoms with van der Waals surface area (Å²) < 4.78 is 0.113. The van der Waals surface area contributed by atoms with E-state index in [0.717, 1.165) is 37.2 Å². The van der Waals surface area contributed by atoms with E-state index in [-0.39, 0.29) is 17.3 Å². The predicted molar refractivity (Wildman–Crippen MR) is 75.5 cm³/mol. The maximum atomic E-state index is 9.89. The Morgan fingerprint density at radius 2 is 1.76 bits per heavy atom. The van der Waals surface area contributed by atoms with Crippen molar-refractivity contribution in [3.8, 4) is 0 Å². The summed E-state index contributed by atoms with van der Waals surface area (Å²) >= 11 is 3.91. The van der Waals surface area contributed by atoms with Crippen LogP contribution in [0.25, 0.3) is 0 Å². The fraction of sp³-hybridized carbons (Fsp3) is 1.00. The number of hydrogen-bond acceptors (Lipinski definition) is 5. The van der Waals surface area contributed by atoms with Crippen molar-refractivity contribution < 1.29 is 15.3 Å². The van der Waals surface area contributed by atoms with Crippen LogP contribution in [0.3, 0.4) is 0 Å². The Morgan fingerprint density at radius 1 is 1.06 bits per heavy atom. The molecule has 0 bridgehead atoms. The molecule has 1 aliphatic heterocycles. The standard InChI is InChI=1S/C12H24O3S2/c13-6-2-1-5-12(10-11(15)4-7-14)16-8-3-9-17-12/h11,13-15H,1-10H2/t11-/m0/s1. The average Bonchev–Trinajstić information content (AvgIpc) is 2.30. The van der Waals surface area contributed by atoms with E-state index >= 15 is 0 Å². The van der Waals surface area contributed by atoms with Gasteiger partial charge in [-0.2, -0.15) is 0 Å². The first-order valence-corrected chi connectivity index (χ1v) is 8.37. The Balaban J connectivity index is 2.45. The summed E-state index contributed by atoms with van der Waals surface area (Å²) in [6.07, 6.45) is 4.99. The van der Waals surface area contributed by atoms with Crippen molar-refractivity contribution in [2.75, 3.05) is 24.7 Å². The van der Waals surface area contributed by atoms with Gasteiger partial charge in [0.2, 0.25) is 0 Å². The van der Waals surface area contributed by atoms with Gasteiger partial charge < -0.3 is 15.3 Å². The van der Waals surface area contributed by atoms with Crippen LogP contribution >= 0.6 is 23.5 Å². The highest BCUT2D eigenvalue weighted by atomic mass is 32.2. The lowest BCUT2D eigenvalue weighted by molar-refractivity contribution is 0.121. The second-order valence-corrected chi connectivity index (χ2v) is 7.73. The van der Waals surface area contributed by atoms with E-state index in [2.05, 4.69) is 0 Å². The van der Waals surface area contributed by atoms with Gasteiger partial charge in [0.05, 0.1) is 10.2 Å².